The van der Waals surface area contributed by atoms with E-state index in [1.807, 2.05) is 11.9 Å². The summed E-state index contributed by atoms with van der Waals surface area (Å²) >= 11 is 6.11. The molecule has 182 valence electrons. The van der Waals surface area contributed by atoms with Crippen molar-refractivity contribution in [3.8, 4) is 17.2 Å². The first kappa shape index (κ1) is 22.3. The van der Waals surface area contributed by atoms with Gasteiger partial charge in [0.05, 0.1) is 23.8 Å². The lowest BCUT2D eigenvalue weighted by atomic mass is 9.95. The molecule has 1 atom stereocenters. The van der Waals surface area contributed by atoms with Gasteiger partial charge in [0, 0.05) is 29.4 Å². The molecule has 0 aromatic heterocycles. The summed E-state index contributed by atoms with van der Waals surface area (Å²) in [6.07, 6.45) is 0. The van der Waals surface area contributed by atoms with E-state index in [0.29, 0.717) is 52.2 Å². The standard InChI is InChI=1S/C27H21ClN2O6/c1-29-10-11-34-20-8-4-16(12-19(20)29)25(31)23-24(15-2-5-17(28)6-3-15)30(27(33)26(23)32)18-7-9-21-22(13-18)36-14-35-21/h2-9,12-13,24,31H,10-11,14H2,1H3/b25-23-. The Labute approximate surface area is 211 Å². The Morgan fingerprint density at radius 3 is 2.50 bits per heavy atom. The van der Waals surface area contributed by atoms with Crippen LogP contribution < -0.4 is 24.0 Å². The molecule has 36 heavy (non-hydrogen) atoms. The number of carbonyl (C=O) groups is 2. The minimum absolute atomic E-state index is 0.0145. The number of likely N-dealkylation sites (N-methyl/N-ethyl adjacent to an activating group) is 1. The number of anilines is 2. The van der Waals surface area contributed by atoms with E-state index < -0.39 is 17.7 Å². The van der Waals surface area contributed by atoms with Gasteiger partial charge in [0.2, 0.25) is 6.79 Å². The lowest BCUT2D eigenvalue weighted by molar-refractivity contribution is -0.132. The molecular formula is C27H21ClN2O6. The molecule has 3 aromatic carbocycles. The van der Waals surface area contributed by atoms with Gasteiger partial charge in [-0.3, -0.25) is 14.5 Å². The molecule has 3 heterocycles. The van der Waals surface area contributed by atoms with Gasteiger partial charge in [-0.05, 0) is 48.0 Å². The van der Waals surface area contributed by atoms with Crippen molar-refractivity contribution in [3.63, 3.8) is 0 Å². The van der Waals surface area contributed by atoms with Crippen LogP contribution in [0.5, 0.6) is 17.2 Å². The smallest absolute Gasteiger partial charge is 0.300 e. The molecule has 1 amide bonds. The molecule has 0 saturated carbocycles. The summed E-state index contributed by atoms with van der Waals surface area (Å²) in [5.74, 6) is -0.0874. The number of ether oxygens (including phenoxy) is 3. The molecule has 0 radical (unpaired) electrons. The number of Topliss-reactive ketones (excluding diaryl/α,β-unsaturated/α-hetero) is 1. The van der Waals surface area contributed by atoms with Gasteiger partial charge in [0.15, 0.2) is 11.5 Å². The summed E-state index contributed by atoms with van der Waals surface area (Å²) in [4.78, 5) is 30.2. The lowest BCUT2D eigenvalue weighted by Gasteiger charge is -2.28. The largest absolute Gasteiger partial charge is 0.507 e. The molecule has 1 saturated heterocycles. The molecule has 3 aliphatic rings. The number of fused-ring (bicyclic) bond motifs is 2. The van der Waals surface area contributed by atoms with Gasteiger partial charge in [-0.25, -0.2) is 0 Å². The van der Waals surface area contributed by atoms with Gasteiger partial charge >= 0.3 is 0 Å². The van der Waals surface area contributed by atoms with E-state index in [2.05, 4.69) is 0 Å². The van der Waals surface area contributed by atoms with Gasteiger partial charge in [0.1, 0.15) is 18.1 Å². The number of rotatable bonds is 3. The molecular weight excluding hydrogens is 484 g/mol. The third-order valence-corrected chi connectivity index (χ3v) is 6.84. The predicted molar refractivity (Wildman–Crippen MR) is 134 cm³/mol. The molecule has 3 aromatic rings. The van der Waals surface area contributed by atoms with Crippen LogP contribution in [0.15, 0.2) is 66.2 Å². The second-order valence-corrected chi connectivity index (χ2v) is 9.15. The molecule has 0 aliphatic carbocycles. The summed E-state index contributed by atoms with van der Waals surface area (Å²) in [6.45, 7) is 1.33. The van der Waals surface area contributed by atoms with Crippen LogP contribution in [0.2, 0.25) is 5.02 Å². The van der Waals surface area contributed by atoms with Crippen molar-refractivity contribution in [2.45, 2.75) is 6.04 Å². The number of ketones is 1. The summed E-state index contributed by atoms with van der Waals surface area (Å²) in [5, 5.41) is 12.0. The van der Waals surface area contributed by atoms with E-state index in [9.17, 15) is 14.7 Å². The first-order valence-corrected chi connectivity index (χ1v) is 11.7. The van der Waals surface area contributed by atoms with E-state index in [-0.39, 0.29) is 18.1 Å². The number of hydrogen-bond donors (Lipinski definition) is 1. The average molecular weight is 505 g/mol. The maximum Gasteiger partial charge on any atom is 0.300 e. The lowest BCUT2D eigenvalue weighted by Crippen LogP contribution is -2.29. The number of aliphatic hydroxyl groups excluding tert-OH is 1. The fourth-order valence-electron chi connectivity index (χ4n) is 4.75. The maximum atomic E-state index is 13.4. The highest BCUT2D eigenvalue weighted by atomic mass is 35.5. The molecule has 3 aliphatic heterocycles. The third kappa shape index (κ3) is 3.53. The van der Waals surface area contributed by atoms with E-state index in [4.69, 9.17) is 25.8 Å². The molecule has 8 nitrogen and oxygen atoms in total. The first-order valence-electron chi connectivity index (χ1n) is 11.4. The monoisotopic (exact) mass is 504 g/mol. The van der Waals surface area contributed by atoms with Crippen molar-refractivity contribution in [3.05, 3.63) is 82.4 Å². The van der Waals surface area contributed by atoms with Crippen molar-refractivity contribution in [2.75, 3.05) is 36.8 Å². The van der Waals surface area contributed by atoms with Crippen LogP contribution in [-0.4, -0.2) is 43.8 Å². The van der Waals surface area contributed by atoms with Crippen LogP contribution in [0, 0.1) is 0 Å². The summed E-state index contributed by atoms with van der Waals surface area (Å²) in [5.41, 5.74) is 2.25. The minimum atomic E-state index is -0.882. The van der Waals surface area contributed by atoms with Gasteiger partial charge < -0.3 is 24.2 Å². The number of benzene rings is 3. The Bertz CT molecular complexity index is 1430. The SMILES string of the molecule is CN1CCOc2ccc(/C(O)=C3/C(=O)C(=O)N(c4ccc5c(c4)OCO5)C3c3ccc(Cl)cc3)cc21. The summed E-state index contributed by atoms with van der Waals surface area (Å²) in [6, 6.07) is 16.2. The van der Waals surface area contributed by atoms with Crippen LogP contribution >= 0.6 is 11.6 Å². The maximum absolute atomic E-state index is 13.4. The molecule has 1 N–H and O–H groups in total. The van der Waals surface area contributed by atoms with Crippen LogP contribution in [-0.2, 0) is 9.59 Å². The normalized spacial score (nSPS) is 19.9. The molecule has 9 heteroatoms. The van der Waals surface area contributed by atoms with Gasteiger partial charge in [-0.1, -0.05) is 23.7 Å². The van der Waals surface area contributed by atoms with Crippen LogP contribution in [0.1, 0.15) is 17.2 Å². The number of nitrogens with zero attached hydrogens (tertiary/aromatic N) is 2. The minimum Gasteiger partial charge on any atom is -0.507 e. The Balaban J connectivity index is 1.52. The zero-order valence-corrected chi connectivity index (χ0v) is 20.0. The Hall–Kier alpha value is -4.17. The molecule has 1 fully saturated rings. The van der Waals surface area contributed by atoms with Crippen LogP contribution in [0.4, 0.5) is 11.4 Å². The van der Waals surface area contributed by atoms with E-state index in [0.717, 1.165) is 5.69 Å². The van der Waals surface area contributed by atoms with Crippen molar-refractivity contribution >= 4 is 40.4 Å². The Kier molecular flexibility index (Phi) is 5.26. The highest BCUT2D eigenvalue weighted by Crippen LogP contribution is 2.45. The molecule has 0 spiro atoms. The van der Waals surface area contributed by atoms with Crippen molar-refractivity contribution in [1.82, 2.24) is 0 Å². The quantitative estimate of drug-likeness (QED) is 0.318. The van der Waals surface area contributed by atoms with E-state index >= 15 is 0 Å². The van der Waals surface area contributed by atoms with Gasteiger partial charge in [-0.15, -0.1) is 0 Å². The summed E-state index contributed by atoms with van der Waals surface area (Å²) < 4.78 is 16.6. The second kappa shape index (κ2) is 8.49. The zero-order chi connectivity index (χ0) is 25.0. The predicted octanol–water partition coefficient (Wildman–Crippen LogP) is 4.52. The highest BCUT2D eigenvalue weighted by molar-refractivity contribution is 6.51. The van der Waals surface area contributed by atoms with Crippen LogP contribution in [0.3, 0.4) is 0 Å². The third-order valence-electron chi connectivity index (χ3n) is 6.59. The van der Waals surface area contributed by atoms with Crippen molar-refractivity contribution in [2.24, 2.45) is 0 Å². The Morgan fingerprint density at radius 2 is 1.69 bits per heavy atom. The van der Waals surface area contributed by atoms with Crippen molar-refractivity contribution < 1.29 is 28.9 Å². The van der Waals surface area contributed by atoms with E-state index in [1.165, 1.54) is 4.90 Å². The first-order chi connectivity index (χ1) is 17.4. The van der Waals surface area contributed by atoms with Crippen LogP contribution in [0.25, 0.3) is 5.76 Å². The number of carbonyl (C=O) groups excluding carboxylic acids is 2. The second-order valence-electron chi connectivity index (χ2n) is 8.71. The number of amides is 1. The topological polar surface area (TPSA) is 88.5 Å². The highest BCUT2D eigenvalue weighted by Gasteiger charge is 2.47. The van der Waals surface area contributed by atoms with Gasteiger partial charge in [-0.2, -0.15) is 0 Å². The van der Waals surface area contributed by atoms with E-state index in [1.54, 1.807) is 60.7 Å². The number of halogens is 1. The zero-order valence-electron chi connectivity index (χ0n) is 19.2. The molecule has 1 unspecified atom stereocenters. The fourth-order valence-corrected chi connectivity index (χ4v) is 4.87. The Morgan fingerprint density at radius 1 is 0.944 bits per heavy atom. The fraction of sp³-hybridized carbons (Fsp3) is 0.185. The number of aliphatic hydroxyl groups is 1. The van der Waals surface area contributed by atoms with Gasteiger partial charge in [0.25, 0.3) is 11.7 Å². The average Bonchev–Trinajstić information content (AvgIpc) is 3.46. The number of hydrogen-bond acceptors (Lipinski definition) is 7. The summed E-state index contributed by atoms with van der Waals surface area (Å²) in [7, 11) is 1.93. The molecule has 0 bridgehead atoms. The van der Waals surface area contributed by atoms with Crippen molar-refractivity contribution in [1.29, 1.82) is 0 Å². The molecule has 6 rings (SSSR count).